The predicted octanol–water partition coefficient (Wildman–Crippen LogP) is 4.11. The molecule has 0 amide bonds. The monoisotopic (exact) mass is 325 g/mol. The molecule has 0 aromatic heterocycles. The second-order valence-electron chi connectivity index (χ2n) is 7.13. The molecule has 4 nitrogen and oxygen atoms in total. The van der Waals surface area contributed by atoms with Crippen molar-refractivity contribution >= 4 is 7.12 Å². The average Bonchev–Trinajstić information content (AvgIpc) is 2.76. The SMILES string of the molecule is CC1(C)OB([C@@H](N)c2ccc(Oc3ccccc3)cc2)OC1(C)C. The lowest BCUT2D eigenvalue weighted by atomic mass is 9.75. The number of benzene rings is 2. The van der Waals surface area contributed by atoms with Crippen LogP contribution in [0.5, 0.6) is 11.5 Å². The van der Waals surface area contributed by atoms with E-state index in [2.05, 4.69) is 0 Å². The third-order valence-electron chi connectivity index (χ3n) is 4.81. The van der Waals surface area contributed by atoms with E-state index in [1.54, 1.807) is 0 Å². The molecule has 3 rings (SSSR count). The molecule has 1 atom stereocenters. The van der Waals surface area contributed by atoms with Crippen molar-refractivity contribution in [1.82, 2.24) is 0 Å². The van der Waals surface area contributed by atoms with Gasteiger partial charge < -0.3 is 19.8 Å². The Morgan fingerprint density at radius 1 is 0.833 bits per heavy atom. The molecule has 0 unspecified atom stereocenters. The normalized spacial score (nSPS) is 20.0. The van der Waals surface area contributed by atoms with Crippen LogP contribution in [0.1, 0.15) is 39.2 Å². The highest BCUT2D eigenvalue weighted by Gasteiger charge is 2.53. The standard InChI is InChI=1S/C19H24BNO3/c1-18(2)19(3,4)24-20(23-18)17(21)14-10-12-16(13-11-14)22-15-8-6-5-7-9-15/h5-13,17H,21H2,1-4H3/t17-/m0/s1. The van der Waals surface area contributed by atoms with E-state index in [1.807, 2.05) is 82.3 Å². The Labute approximate surface area is 144 Å². The van der Waals surface area contributed by atoms with Gasteiger partial charge in [0, 0.05) is 0 Å². The predicted molar refractivity (Wildman–Crippen MR) is 96.0 cm³/mol. The van der Waals surface area contributed by atoms with Crippen molar-refractivity contribution in [3.8, 4) is 11.5 Å². The highest BCUT2D eigenvalue weighted by atomic mass is 16.7. The summed E-state index contributed by atoms with van der Waals surface area (Å²) in [6, 6.07) is 17.4. The van der Waals surface area contributed by atoms with Crippen molar-refractivity contribution in [1.29, 1.82) is 0 Å². The van der Waals surface area contributed by atoms with E-state index in [4.69, 9.17) is 19.8 Å². The minimum atomic E-state index is -0.462. The van der Waals surface area contributed by atoms with Crippen LogP contribution < -0.4 is 10.5 Å². The van der Waals surface area contributed by atoms with Gasteiger partial charge in [-0.2, -0.15) is 0 Å². The fraction of sp³-hybridized carbons (Fsp3) is 0.368. The molecule has 2 aromatic carbocycles. The van der Waals surface area contributed by atoms with Gasteiger partial charge in [0.05, 0.1) is 17.1 Å². The third-order valence-corrected chi connectivity index (χ3v) is 4.81. The summed E-state index contributed by atoms with van der Waals surface area (Å²) in [6.07, 6.45) is 0. The maximum absolute atomic E-state index is 6.35. The summed E-state index contributed by atoms with van der Waals surface area (Å²) in [5.74, 6) is 1.23. The summed E-state index contributed by atoms with van der Waals surface area (Å²) in [6.45, 7) is 8.10. The van der Waals surface area contributed by atoms with Gasteiger partial charge in [0.2, 0.25) is 0 Å². The summed E-state index contributed by atoms with van der Waals surface area (Å²) in [5, 5.41) is 0. The number of rotatable bonds is 4. The first-order chi connectivity index (χ1) is 11.3. The Hall–Kier alpha value is -1.82. The molecule has 126 valence electrons. The fourth-order valence-electron chi connectivity index (χ4n) is 2.58. The Morgan fingerprint density at radius 2 is 1.33 bits per heavy atom. The van der Waals surface area contributed by atoms with Crippen LogP contribution in [0.3, 0.4) is 0 Å². The first kappa shape index (κ1) is 17.0. The molecule has 0 bridgehead atoms. The summed E-state index contributed by atoms with van der Waals surface area (Å²) in [7, 11) is -0.462. The average molecular weight is 325 g/mol. The van der Waals surface area contributed by atoms with Crippen LogP contribution in [-0.4, -0.2) is 18.3 Å². The van der Waals surface area contributed by atoms with Gasteiger partial charge in [-0.3, -0.25) is 0 Å². The zero-order chi connectivity index (χ0) is 17.4. The molecule has 0 saturated carbocycles. The third kappa shape index (κ3) is 3.34. The maximum Gasteiger partial charge on any atom is 0.480 e. The second-order valence-corrected chi connectivity index (χ2v) is 7.13. The molecule has 24 heavy (non-hydrogen) atoms. The largest absolute Gasteiger partial charge is 0.480 e. The van der Waals surface area contributed by atoms with Crippen molar-refractivity contribution in [3.05, 3.63) is 60.2 Å². The smallest absolute Gasteiger partial charge is 0.457 e. The second kappa shape index (κ2) is 6.24. The fourth-order valence-corrected chi connectivity index (χ4v) is 2.58. The number of ether oxygens (including phenoxy) is 1. The van der Waals surface area contributed by atoms with Crippen molar-refractivity contribution in [2.45, 2.75) is 44.8 Å². The molecule has 1 fully saturated rings. The Morgan fingerprint density at radius 3 is 1.88 bits per heavy atom. The first-order valence-electron chi connectivity index (χ1n) is 8.23. The zero-order valence-corrected chi connectivity index (χ0v) is 14.7. The van der Waals surface area contributed by atoms with E-state index in [-0.39, 0.29) is 17.1 Å². The van der Waals surface area contributed by atoms with E-state index in [1.165, 1.54) is 0 Å². The van der Waals surface area contributed by atoms with Crippen molar-refractivity contribution in [2.24, 2.45) is 5.73 Å². The Balaban J connectivity index is 1.70. The minimum absolute atomic E-state index is 0.350. The summed E-state index contributed by atoms with van der Waals surface area (Å²) < 4.78 is 17.9. The highest BCUT2D eigenvalue weighted by Crippen LogP contribution is 2.39. The lowest BCUT2D eigenvalue weighted by Crippen LogP contribution is -2.41. The van der Waals surface area contributed by atoms with Crippen LogP contribution in [0.2, 0.25) is 0 Å². The minimum Gasteiger partial charge on any atom is -0.457 e. The summed E-state index contributed by atoms with van der Waals surface area (Å²) in [4.78, 5) is 0. The molecule has 1 heterocycles. The van der Waals surface area contributed by atoms with Crippen molar-refractivity contribution in [2.75, 3.05) is 0 Å². The molecular weight excluding hydrogens is 301 g/mol. The van der Waals surface area contributed by atoms with E-state index in [9.17, 15) is 0 Å². The molecule has 5 heteroatoms. The van der Waals surface area contributed by atoms with Crippen LogP contribution in [0.15, 0.2) is 54.6 Å². The first-order valence-corrected chi connectivity index (χ1v) is 8.23. The van der Waals surface area contributed by atoms with Gasteiger partial charge in [0.15, 0.2) is 0 Å². The summed E-state index contributed by atoms with van der Waals surface area (Å²) >= 11 is 0. The Kier molecular flexibility index (Phi) is 4.43. The number of hydrogen-bond donors (Lipinski definition) is 1. The number of para-hydroxylation sites is 1. The molecule has 2 N–H and O–H groups in total. The van der Waals surface area contributed by atoms with Crippen LogP contribution >= 0.6 is 0 Å². The van der Waals surface area contributed by atoms with Crippen molar-refractivity contribution in [3.63, 3.8) is 0 Å². The van der Waals surface area contributed by atoms with Crippen molar-refractivity contribution < 1.29 is 14.0 Å². The molecule has 1 aliphatic heterocycles. The van der Waals surface area contributed by atoms with Crippen LogP contribution in [0.25, 0.3) is 0 Å². The molecule has 1 aliphatic rings. The van der Waals surface area contributed by atoms with E-state index in [0.717, 1.165) is 17.1 Å². The van der Waals surface area contributed by atoms with Gasteiger partial charge in [-0.25, -0.2) is 0 Å². The zero-order valence-electron chi connectivity index (χ0n) is 14.7. The molecule has 0 aliphatic carbocycles. The van der Waals surface area contributed by atoms with Crippen LogP contribution in [0.4, 0.5) is 0 Å². The quantitative estimate of drug-likeness (QED) is 0.860. The lowest BCUT2D eigenvalue weighted by Gasteiger charge is -2.32. The molecular formula is C19H24BNO3. The molecule has 2 aromatic rings. The molecule has 0 spiro atoms. The summed E-state index contributed by atoms with van der Waals surface area (Å²) in [5.41, 5.74) is 6.54. The van der Waals surface area contributed by atoms with Crippen LogP contribution in [-0.2, 0) is 9.31 Å². The van der Waals surface area contributed by atoms with Gasteiger partial charge in [-0.05, 0) is 57.5 Å². The van der Waals surface area contributed by atoms with E-state index >= 15 is 0 Å². The number of nitrogens with two attached hydrogens (primary N) is 1. The van der Waals surface area contributed by atoms with Gasteiger partial charge in [-0.15, -0.1) is 0 Å². The van der Waals surface area contributed by atoms with Gasteiger partial charge in [0.1, 0.15) is 11.5 Å². The maximum atomic E-state index is 6.35. The van der Waals surface area contributed by atoms with E-state index < -0.39 is 7.12 Å². The Bertz CT molecular complexity index is 670. The van der Waals surface area contributed by atoms with Gasteiger partial charge >= 0.3 is 7.12 Å². The van der Waals surface area contributed by atoms with Gasteiger partial charge in [-0.1, -0.05) is 30.3 Å². The molecule has 0 radical (unpaired) electrons. The number of hydrogen-bond acceptors (Lipinski definition) is 4. The van der Waals surface area contributed by atoms with Gasteiger partial charge in [0.25, 0.3) is 0 Å². The topological polar surface area (TPSA) is 53.7 Å². The lowest BCUT2D eigenvalue weighted by molar-refractivity contribution is 0.00578. The highest BCUT2D eigenvalue weighted by molar-refractivity contribution is 6.47. The molecule has 1 saturated heterocycles. The van der Waals surface area contributed by atoms with Crippen LogP contribution in [0, 0.1) is 0 Å². The van der Waals surface area contributed by atoms with E-state index in [0.29, 0.717) is 0 Å².